The molecule has 0 N–H and O–H groups in total. The standard InChI is InChI=1S/C30H39ClN6O3S2/c1-4-22-7-6-9-36(22)18-26-30(25-13-21(31)19-41-25)34-28(42-26)14-24(38)23-15-33-27(16-32-23)37-12-11-35(17-20(37)3)10-8-29(39)40-5-2/h13,15-16,19-20,22H,4-12,14,17-18H2,1-3H3/t20-,22-/m1/s1. The molecule has 0 saturated carbocycles. The highest BCUT2D eigenvalue weighted by Gasteiger charge is 2.28. The third kappa shape index (κ3) is 7.55. The van der Waals surface area contributed by atoms with Crippen LogP contribution < -0.4 is 4.90 Å². The maximum Gasteiger partial charge on any atom is 0.307 e. The number of rotatable bonds is 12. The topological polar surface area (TPSA) is 91.8 Å². The molecule has 2 aliphatic rings. The van der Waals surface area contributed by atoms with Gasteiger partial charge >= 0.3 is 5.97 Å². The molecule has 9 nitrogen and oxygen atoms in total. The molecule has 0 aliphatic carbocycles. The van der Waals surface area contributed by atoms with E-state index in [4.69, 9.17) is 21.3 Å². The van der Waals surface area contributed by atoms with Gasteiger partial charge in [-0.15, -0.1) is 22.7 Å². The molecule has 2 aliphatic heterocycles. The zero-order valence-electron chi connectivity index (χ0n) is 24.6. The molecule has 0 aromatic carbocycles. The lowest BCUT2D eigenvalue weighted by molar-refractivity contribution is -0.143. The van der Waals surface area contributed by atoms with Crippen molar-refractivity contribution in [2.75, 3.05) is 44.2 Å². The molecular weight excluding hydrogens is 592 g/mol. The molecule has 0 unspecified atom stereocenters. The SMILES string of the molecule is CCOC(=O)CCN1CCN(c2cnc(C(=O)Cc3nc(-c4cc(Cl)cs4)c(CN4CCC[C@H]4CC)s3)cn2)[C@H](C)C1. The molecule has 3 aromatic rings. The molecule has 0 radical (unpaired) electrons. The number of thiazole rings is 1. The largest absolute Gasteiger partial charge is 0.466 e. The number of Topliss-reactive ketones (excluding diaryl/α,β-unsaturated/α-hetero) is 1. The second-order valence-corrected chi connectivity index (χ2v) is 13.5. The second-order valence-electron chi connectivity index (χ2n) is 10.9. The lowest BCUT2D eigenvalue weighted by Crippen LogP contribution is -2.52. The number of anilines is 1. The third-order valence-corrected chi connectivity index (χ3v) is 10.4. The van der Waals surface area contributed by atoms with Gasteiger partial charge in [0.25, 0.3) is 0 Å². The van der Waals surface area contributed by atoms with Crippen LogP contribution in [0.4, 0.5) is 5.82 Å². The lowest BCUT2D eigenvalue weighted by atomic mass is 10.1. The van der Waals surface area contributed by atoms with E-state index in [9.17, 15) is 9.59 Å². The number of carbonyl (C=O) groups excluding carboxylic acids is 2. The minimum absolute atomic E-state index is 0.0884. The molecule has 0 amide bonds. The van der Waals surface area contributed by atoms with Crippen LogP contribution in [0.5, 0.6) is 0 Å². The average Bonchev–Trinajstić information content (AvgIpc) is 3.72. The van der Waals surface area contributed by atoms with Crippen LogP contribution in [0.25, 0.3) is 10.6 Å². The highest BCUT2D eigenvalue weighted by Crippen LogP contribution is 2.36. The van der Waals surface area contributed by atoms with Gasteiger partial charge in [-0.3, -0.25) is 19.4 Å². The van der Waals surface area contributed by atoms with Crippen molar-refractivity contribution in [2.24, 2.45) is 0 Å². The van der Waals surface area contributed by atoms with Gasteiger partial charge in [-0.25, -0.2) is 15.0 Å². The van der Waals surface area contributed by atoms with E-state index >= 15 is 0 Å². The molecule has 0 spiro atoms. The molecule has 2 atom stereocenters. The summed E-state index contributed by atoms with van der Waals surface area (Å²) in [6.07, 6.45) is 7.48. The van der Waals surface area contributed by atoms with Gasteiger partial charge in [0.05, 0.1) is 47.4 Å². The number of piperazine rings is 1. The van der Waals surface area contributed by atoms with E-state index in [1.165, 1.54) is 17.7 Å². The Morgan fingerprint density at radius 3 is 2.71 bits per heavy atom. The zero-order valence-corrected chi connectivity index (χ0v) is 26.9. The molecular formula is C30H39ClN6O3S2. The number of nitrogens with zero attached hydrogens (tertiary/aromatic N) is 6. The number of esters is 1. The molecule has 5 rings (SSSR count). The highest BCUT2D eigenvalue weighted by molar-refractivity contribution is 7.15. The first kappa shape index (κ1) is 31.0. The van der Waals surface area contributed by atoms with Crippen LogP contribution >= 0.6 is 34.3 Å². The Morgan fingerprint density at radius 1 is 1.17 bits per heavy atom. The normalized spacial score (nSPS) is 19.9. The summed E-state index contributed by atoms with van der Waals surface area (Å²) in [6, 6.07) is 2.77. The van der Waals surface area contributed by atoms with Crippen molar-refractivity contribution in [3.63, 3.8) is 0 Å². The number of aromatic nitrogens is 3. The maximum absolute atomic E-state index is 13.3. The van der Waals surface area contributed by atoms with E-state index in [2.05, 4.69) is 38.5 Å². The number of likely N-dealkylation sites (tertiary alicyclic amines) is 1. The van der Waals surface area contributed by atoms with Crippen LogP contribution in [0, 0.1) is 0 Å². The fraction of sp³-hybridized carbons (Fsp3) is 0.567. The first-order valence-electron chi connectivity index (χ1n) is 14.8. The molecule has 0 bridgehead atoms. The summed E-state index contributed by atoms with van der Waals surface area (Å²) in [4.78, 5) is 48.3. The van der Waals surface area contributed by atoms with Gasteiger partial charge in [-0.05, 0) is 45.7 Å². The summed E-state index contributed by atoms with van der Waals surface area (Å²) >= 11 is 9.46. The number of carbonyl (C=O) groups is 2. The van der Waals surface area contributed by atoms with Crippen molar-refractivity contribution in [3.05, 3.63) is 44.4 Å². The monoisotopic (exact) mass is 630 g/mol. The third-order valence-electron chi connectivity index (χ3n) is 8.04. The molecule has 12 heteroatoms. The molecule has 2 fully saturated rings. The molecule has 5 heterocycles. The Labute approximate surface area is 260 Å². The fourth-order valence-corrected chi connectivity index (χ4v) is 8.13. The summed E-state index contributed by atoms with van der Waals surface area (Å²) in [7, 11) is 0. The Morgan fingerprint density at radius 2 is 2.02 bits per heavy atom. The van der Waals surface area contributed by atoms with Crippen LogP contribution in [0.2, 0.25) is 5.02 Å². The fourth-order valence-electron chi connectivity index (χ4n) is 5.86. The van der Waals surface area contributed by atoms with E-state index in [0.717, 1.165) is 60.5 Å². The Hall–Kier alpha value is -2.44. The van der Waals surface area contributed by atoms with Crippen LogP contribution in [-0.4, -0.2) is 87.9 Å². The van der Waals surface area contributed by atoms with Gasteiger partial charge in [0.2, 0.25) is 0 Å². The van der Waals surface area contributed by atoms with E-state index < -0.39 is 0 Å². The van der Waals surface area contributed by atoms with Gasteiger partial charge in [-0.1, -0.05) is 18.5 Å². The van der Waals surface area contributed by atoms with Gasteiger partial charge in [0.1, 0.15) is 16.5 Å². The number of halogens is 1. The van der Waals surface area contributed by atoms with Crippen LogP contribution in [0.3, 0.4) is 0 Å². The Balaban J connectivity index is 1.22. The van der Waals surface area contributed by atoms with Crippen LogP contribution in [0.15, 0.2) is 23.8 Å². The van der Waals surface area contributed by atoms with Crippen molar-refractivity contribution in [2.45, 2.75) is 71.5 Å². The average molecular weight is 631 g/mol. The molecule has 226 valence electrons. The highest BCUT2D eigenvalue weighted by atomic mass is 35.5. The summed E-state index contributed by atoms with van der Waals surface area (Å²) in [6.45, 7) is 11.7. The van der Waals surface area contributed by atoms with Crippen molar-refractivity contribution in [1.82, 2.24) is 24.8 Å². The number of hydrogen-bond acceptors (Lipinski definition) is 11. The molecule has 3 aromatic heterocycles. The summed E-state index contributed by atoms with van der Waals surface area (Å²) in [5.74, 6) is 0.514. The smallest absolute Gasteiger partial charge is 0.307 e. The van der Waals surface area contributed by atoms with Gasteiger partial charge < -0.3 is 9.64 Å². The van der Waals surface area contributed by atoms with Gasteiger partial charge in [0.15, 0.2) is 5.78 Å². The van der Waals surface area contributed by atoms with Gasteiger partial charge in [-0.2, -0.15) is 0 Å². The minimum Gasteiger partial charge on any atom is -0.466 e. The van der Waals surface area contributed by atoms with E-state index in [-0.39, 0.29) is 24.2 Å². The zero-order chi connectivity index (χ0) is 29.6. The Bertz CT molecular complexity index is 1360. The maximum atomic E-state index is 13.3. The first-order chi connectivity index (χ1) is 20.3. The van der Waals surface area contributed by atoms with Crippen molar-refractivity contribution in [3.8, 4) is 10.6 Å². The number of ketones is 1. The quantitative estimate of drug-likeness (QED) is 0.188. The van der Waals surface area contributed by atoms with Crippen molar-refractivity contribution in [1.29, 1.82) is 0 Å². The van der Waals surface area contributed by atoms with Crippen molar-refractivity contribution < 1.29 is 14.3 Å². The summed E-state index contributed by atoms with van der Waals surface area (Å²) in [5, 5.41) is 3.43. The Kier molecular flexibility index (Phi) is 10.6. The van der Waals surface area contributed by atoms with Gasteiger partial charge in [0, 0.05) is 55.1 Å². The number of ether oxygens (including phenoxy) is 1. The predicted molar refractivity (Wildman–Crippen MR) is 169 cm³/mol. The lowest BCUT2D eigenvalue weighted by Gasteiger charge is -2.40. The summed E-state index contributed by atoms with van der Waals surface area (Å²) < 4.78 is 5.05. The van der Waals surface area contributed by atoms with Crippen molar-refractivity contribution >= 4 is 51.8 Å². The minimum atomic E-state index is -0.156. The van der Waals surface area contributed by atoms with E-state index in [0.29, 0.717) is 36.3 Å². The predicted octanol–water partition coefficient (Wildman–Crippen LogP) is 5.58. The summed E-state index contributed by atoms with van der Waals surface area (Å²) in [5.41, 5.74) is 1.29. The van der Waals surface area contributed by atoms with E-state index in [1.54, 1.807) is 35.1 Å². The second kappa shape index (κ2) is 14.4. The van der Waals surface area contributed by atoms with Crippen LogP contribution in [-0.2, 0) is 22.5 Å². The van der Waals surface area contributed by atoms with Crippen LogP contribution in [0.1, 0.15) is 66.8 Å². The van der Waals surface area contributed by atoms with E-state index in [1.807, 2.05) is 18.4 Å². The number of thiophene rings is 1. The number of hydrogen-bond donors (Lipinski definition) is 0. The molecule has 42 heavy (non-hydrogen) atoms. The molecule has 2 saturated heterocycles. The first-order valence-corrected chi connectivity index (χ1v) is 16.9.